The second-order valence-electron chi connectivity index (χ2n) is 8.58. The van der Waals surface area contributed by atoms with Crippen molar-refractivity contribution < 1.29 is 5.11 Å². The maximum absolute atomic E-state index is 13.4. The van der Waals surface area contributed by atoms with E-state index >= 15 is 0 Å². The van der Waals surface area contributed by atoms with Crippen LogP contribution in [-0.2, 0) is 19.5 Å². The third-order valence-electron chi connectivity index (χ3n) is 6.38. The lowest BCUT2D eigenvalue weighted by molar-refractivity contribution is 0.281. The Bertz CT molecular complexity index is 1410. The van der Waals surface area contributed by atoms with Crippen LogP contribution in [0.3, 0.4) is 0 Å². The van der Waals surface area contributed by atoms with Crippen LogP contribution < -0.4 is 11.2 Å². The maximum Gasteiger partial charge on any atom is 0.332 e. The second kappa shape index (κ2) is 8.39. The lowest BCUT2D eigenvalue weighted by Gasteiger charge is -2.15. The van der Waals surface area contributed by atoms with Crippen molar-refractivity contribution in [2.45, 2.75) is 58.2 Å². The Morgan fingerprint density at radius 2 is 1.84 bits per heavy atom. The molecule has 2 heterocycles. The summed E-state index contributed by atoms with van der Waals surface area (Å²) in [6.45, 7) is 3.28. The number of rotatable bonds is 8. The Hall–Kier alpha value is -3.19. The number of aliphatic hydroxyl groups excluding tert-OH is 1. The van der Waals surface area contributed by atoms with Crippen molar-refractivity contribution in [3.05, 3.63) is 74.7 Å². The number of aryl methyl sites for hydroxylation is 2. The van der Waals surface area contributed by atoms with Crippen molar-refractivity contribution in [1.82, 2.24) is 18.7 Å². The van der Waals surface area contributed by atoms with Crippen molar-refractivity contribution in [2.24, 2.45) is 0 Å². The Balaban J connectivity index is 1.68. The van der Waals surface area contributed by atoms with Crippen molar-refractivity contribution >= 4 is 21.9 Å². The van der Waals surface area contributed by atoms with Crippen LogP contribution in [0.4, 0.5) is 0 Å². The third-order valence-corrected chi connectivity index (χ3v) is 6.38. The van der Waals surface area contributed by atoms with Crippen LogP contribution in [0.1, 0.15) is 50.0 Å². The molecule has 0 radical (unpaired) electrons. The van der Waals surface area contributed by atoms with Gasteiger partial charge in [0.25, 0.3) is 5.56 Å². The minimum Gasteiger partial charge on any atom is -0.396 e. The average Bonchev–Trinajstić information content (AvgIpc) is 3.58. The molecule has 1 aliphatic carbocycles. The number of nitrogens with zero attached hydrogens (tertiary/aromatic N) is 4. The summed E-state index contributed by atoms with van der Waals surface area (Å²) in [6, 6.07) is 13.6. The molecule has 2 aromatic heterocycles. The van der Waals surface area contributed by atoms with Gasteiger partial charge in [0.1, 0.15) is 5.82 Å². The first-order chi connectivity index (χ1) is 15.6. The molecule has 7 nitrogen and oxygen atoms in total. The van der Waals surface area contributed by atoms with E-state index in [-0.39, 0.29) is 23.9 Å². The van der Waals surface area contributed by atoms with Gasteiger partial charge >= 0.3 is 5.69 Å². The molecule has 0 bridgehead atoms. The summed E-state index contributed by atoms with van der Waals surface area (Å²) in [5, 5.41) is 9.81. The van der Waals surface area contributed by atoms with Gasteiger partial charge in [-0.05, 0) is 61.9 Å². The molecule has 7 heteroatoms. The van der Waals surface area contributed by atoms with Crippen LogP contribution >= 0.6 is 0 Å². The van der Waals surface area contributed by atoms with Gasteiger partial charge in [0.15, 0.2) is 0 Å². The van der Waals surface area contributed by atoms with Crippen molar-refractivity contribution in [3.63, 3.8) is 0 Å². The minimum absolute atomic E-state index is 0.00124. The lowest BCUT2D eigenvalue weighted by Crippen LogP contribution is -2.40. The average molecular weight is 433 g/mol. The fourth-order valence-corrected chi connectivity index (χ4v) is 4.49. The molecule has 1 N–H and O–H groups in total. The largest absolute Gasteiger partial charge is 0.396 e. The number of hydrogen-bond donors (Lipinski definition) is 1. The number of para-hydroxylation sites is 1. The topological polar surface area (TPSA) is 82.0 Å². The number of hydrogen-bond acceptors (Lipinski definition) is 4. The molecule has 1 aliphatic rings. The first-order valence-electron chi connectivity index (χ1n) is 11.5. The zero-order valence-electron chi connectivity index (χ0n) is 18.3. The molecular weight excluding hydrogens is 404 g/mol. The SMILES string of the molecule is CCc1ccc2c(c1)nc(Cn1c(=O)n(C3CC3)c(=O)c3ccccc31)n2CCCCO. The molecule has 0 unspecified atom stereocenters. The highest BCUT2D eigenvalue weighted by Gasteiger charge is 2.29. The lowest BCUT2D eigenvalue weighted by atomic mass is 10.1. The van der Waals surface area contributed by atoms with Gasteiger partial charge in [-0.15, -0.1) is 0 Å². The van der Waals surface area contributed by atoms with Crippen LogP contribution in [0.15, 0.2) is 52.1 Å². The van der Waals surface area contributed by atoms with Gasteiger partial charge < -0.3 is 9.67 Å². The number of fused-ring (bicyclic) bond motifs is 2. The number of benzene rings is 2. The van der Waals surface area contributed by atoms with Gasteiger partial charge in [-0.3, -0.25) is 13.9 Å². The monoisotopic (exact) mass is 432 g/mol. The van der Waals surface area contributed by atoms with Crippen LogP contribution in [0.2, 0.25) is 0 Å². The fraction of sp³-hybridized carbons (Fsp3) is 0.400. The van der Waals surface area contributed by atoms with E-state index in [9.17, 15) is 14.7 Å². The summed E-state index contributed by atoms with van der Waals surface area (Å²) in [5.41, 5.74) is 3.34. The van der Waals surface area contributed by atoms with Gasteiger partial charge in [0, 0.05) is 19.2 Å². The Morgan fingerprint density at radius 1 is 1.03 bits per heavy atom. The third kappa shape index (κ3) is 3.56. The summed E-state index contributed by atoms with van der Waals surface area (Å²) in [5.74, 6) is 0.791. The van der Waals surface area contributed by atoms with Crippen LogP contribution in [-0.4, -0.2) is 30.4 Å². The highest BCUT2D eigenvalue weighted by atomic mass is 16.3. The first kappa shape index (κ1) is 20.7. The van der Waals surface area contributed by atoms with Gasteiger partial charge in [-0.2, -0.15) is 0 Å². The summed E-state index contributed by atoms with van der Waals surface area (Å²) < 4.78 is 5.27. The van der Waals surface area contributed by atoms with E-state index in [2.05, 4.69) is 29.7 Å². The molecule has 1 fully saturated rings. The molecule has 32 heavy (non-hydrogen) atoms. The highest BCUT2D eigenvalue weighted by Crippen LogP contribution is 2.32. The minimum atomic E-state index is -0.264. The summed E-state index contributed by atoms with van der Waals surface area (Å²) >= 11 is 0. The quantitative estimate of drug-likeness (QED) is 0.434. The molecule has 166 valence electrons. The second-order valence-corrected chi connectivity index (χ2v) is 8.58. The zero-order valence-corrected chi connectivity index (χ0v) is 18.3. The van der Waals surface area contributed by atoms with Gasteiger partial charge in [0.05, 0.1) is 28.5 Å². The molecule has 1 saturated carbocycles. The molecule has 2 aromatic carbocycles. The maximum atomic E-state index is 13.4. The molecule has 0 aliphatic heterocycles. The van der Waals surface area contributed by atoms with E-state index in [4.69, 9.17) is 4.98 Å². The molecule has 5 rings (SSSR count). The molecule has 0 saturated heterocycles. The molecule has 0 amide bonds. The van der Waals surface area contributed by atoms with E-state index in [1.807, 2.05) is 18.2 Å². The number of aromatic nitrogens is 4. The van der Waals surface area contributed by atoms with E-state index in [0.29, 0.717) is 30.4 Å². The molecular formula is C25H28N4O3. The zero-order chi connectivity index (χ0) is 22.2. The first-order valence-corrected chi connectivity index (χ1v) is 11.5. The number of aliphatic hydroxyl groups is 1. The fourth-order valence-electron chi connectivity index (χ4n) is 4.49. The Labute approximate surface area is 185 Å². The van der Waals surface area contributed by atoms with Crippen molar-refractivity contribution in [2.75, 3.05) is 6.61 Å². The number of imidazole rings is 1. The van der Waals surface area contributed by atoms with Crippen LogP contribution in [0, 0.1) is 0 Å². The Morgan fingerprint density at radius 3 is 2.59 bits per heavy atom. The van der Waals surface area contributed by atoms with Gasteiger partial charge in [-0.25, -0.2) is 9.78 Å². The van der Waals surface area contributed by atoms with E-state index in [0.717, 1.165) is 42.5 Å². The van der Waals surface area contributed by atoms with Gasteiger partial charge in [-0.1, -0.05) is 25.1 Å². The predicted octanol–water partition coefficient (Wildman–Crippen LogP) is 3.23. The summed E-state index contributed by atoms with van der Waals surface area (Å²) in [4.78, 5) is 31.3. The standard InChI is InChI=1S/C25H28N4O3/c1-2-17-9-12-22-20(15-17)26-23(27(22)13-5-6-14-30)16-28-21-8-4-3-7-19(21)24(31)29(25(28)32)18-10-11-18/h3-4,7-9,12,15,18,30H,2,5-6,10-11,13-14,16H2,1H3. The van der Waals surface area contributed by atoms with Crippen molar-refractivity contribution in [3.8, 4) is 0 Å². The smallest absolute Gasteiger partial charge is 0.332 e. The predicted molar refractivity (Wildman–Crippen MR) is 125 cm³/mol. The van der Waals surface area contributed by atoms with Crippen molar-refractivity contribution in [1.29, 1.82) is 0 Å². The summed E-state index contributed by atoms with van der Waals surface area (Å²) in [6.07, 6.45) is 4.20. The van der Waals surface area contributed by atoms with E-state index < -0.39 is 0 Å². The normalized spacial score (nSPS) is 13.9. The highest BCUT2D eigenvalue weighted by molar-refractivity contribution is 5.79. The van der Waals surface area contributed by atoms with Crippen LogP contribution in [0.25, 0.3) is 21.9 Å². The summed E-state index contributed by atoms with van der Waals surface area (Å²) in [7, 11) is 0. The molecule has 4 aromatic rings. The number of unbranched alkanes of at least 4 members (excludes halogenated alkanes) is 1. The van der Waals surface area contributed by atoms with E-state index in [1.54, 1.807) is 10.6 Å². The Kier molecular flexibility index (Phi) is 5.43. The molecule has 0 spiro atoms. The van der Waals surface area contributed by atoms with E-state index in [1.165, 1.54) is 10.1 Å². The van der Waals surface area contributed by atoms with Gasteiger partial charge in [0.2, 0.25) is 0 Å². The molecule has 0 atom stereocenters. The van der Waals surface area contributed by atoms with Crippen LogP contribution in [0.5, 0.6) is 0 Å².